The van der Waals surface area contributed by atoms with E-state index in [1.807, 2.05) is 0 Å². The number of carboxylic acids is 1. The number of nitrogens with zero attached hydrogens (tertiary/aromatic N) is 3. The summed E-state index contributed by atoms with van der Waals surface area (Å²) in [5.41, 5.74) is -0.722. The van der Waals surface area contributed by atoms with Crippen molar-refractivity contribution in [3.8, 4) is 6.01 Å². The Kier molecular flexibility index (Phi) is 5.33. The van der Waals surface area contributed by atoms with Gasteiger partial charge in [-0.1, -0.05) is 0 Å². The molecule has 0 radical (unpaired) electrons. The molecule has 1 fully saturated rings. The second kappa shape index (κ2) is 7.53. The maximum absolute atomic E-state index is 13.5. The Bertz CT molecular complexity index is 953. The minimum absolute atomic E-state index is 0.0249. The van der Waals surface area contributed by atoms with Crippen molar-refractivity contribution in [2.45, 2.75) is 23.8 Å². The zero-order valence-corrected chi connectivity index (χ0v) is 14.7. The summed E-state index contributed by atoms with van der Waals surface area (Å²) in [6, 6.07) is 2.54. The second-order valence-electron chi connectivity index (χ2n) is 5.88. The molecule has 11 heteroatoms. The lowest BCUT2D eigenvalue weighted by atomic mass is 10.1. The van der Waals surface area contributed by atoms with Crippen molar-refractivity contribution >= 4 is 16.0 Å². The molecule has 2 heterocycles. The molecule has 27 heavy (non-hydrogen) atoms. The van der Waals surface area contributed by atoms with Crippen molar-refractivity contribution in [2.75, 3.05) is 13.1 Å². The van der Waals surface area contributed by atoms with E-state index in [2.05, 4.69) is 9.97 Å². The molecule has 1 aromatic heterocycles. The van der Waals surface area contributed by atoms with Crippen LogP contribution in [0, 0.1) is 11.6 Å². The van der Waals surface area contributed by atoms with E-state index in [0.29, 0.717) is 12.8 Å². The molecule has 1 unspecified atom stereocenters. The third-order valence-corrected chi connectivity index (χ3v) is 5.88. The monoisotopic (exact) mass is 399 g/mol. The number of aromatic nitrogens is 2. The zero-order valence-electron chi connectivity index (χ0n) is 13.9. The van der Waals surface area contributed by atoms with Gasteiger partial charge in [-0.15, -0.1) is 0 Å². The van der Waals surface area contributed by atoms with Crippen LogP contribution in [0.15, 0.2) is 35.5 Å². The van der Waals surface area contributed by atoms with Crippen LogP contribution in [0.2, 0.25) is 0 Å². The summed E-state index contributed by atoms with van der Waals surface area (Å²) >= 11 is 0. The Morgan fingerprint density at radius 3 is 2.63 bits per heavy atom. The number of halogens is 2. The summed E-state index contributed by atoms with van der Waals surface area (Å²) in [5, 5.41) is 8.98. The smallest absolute Gasteiger partial charge is 0.338 e. The predicted octanol–water partition coefficient (Wildman–Crippen LogP) is 1.69. The SMILES string of the molecule is O=C(O)c1cc(S(=O)(=O)N2CCCC(Oc3ncc(F)cn3)C2)ccc1F. The topological polar surface area (TPSA) is 110 Å². The van der Waals surface area contributed by atoms with Gasteiger partial charge in [0.25, 0.3) is 0 Å². The number of carboxylic acid groups (broad SMARTS) is 1. The number of aromatic carboxylic acids is 1. The molecular formula is C16H15F2N3O5S. The number of sulfonamides is 1. The highest BCUT2D eigenvalue weighted by atomic mass is 32.2. The minimum atomic E-state index is -4.04. The average molecular weight is 399 g/mol. The summed E-state index contributed by atoms with van der Waals surface area (Å²) in [6.45, 7) is 0.176. The lowest BCUT2D eigenvalue weighted by molar-refractivity contribution is 0.0691. The van der Waals surface area contributed by atoms with Crippen molar-refractivity contribution in [3.63, 3.8) is 0 Å². The Hall–Kier alpha value is -2.66. The van der Waals surface area contributed by atoms with Crippen molar-refractivity contribution in [1.82, 2.24) is 14.3 Å². The number of hydrogen-bond acceptors (Lipinski definition) is 6. The summed E-state index contributed by atoms with van der Waals surface area (Å²) in [6.07, 6.45) is 2.34. The molecule has 0 spiro atoms. The Balaban J connectivity index is 1.79. The molecule has 0 bridgehead atoms. The van der Waals surface area contributed by atoms with Crippen LogP contribution in [0.1, 0.15) is 23.2 Å². The summed E-state index contributed by atoms with van der Waals surface area (Å²) in [7, 11) is -4.04. The summed E-state index contributed by atoms with van der Waals surface area (Å²) in [5.74, 6) is -3.20. The molecule has 2 aromatic rings. The van der Waals surface area contributed by atoms with Crippen LogP contribution in [-0.2, 0) is 10.0 Å². The molecular weight excluding hydrogens is 384 g/mol. The number of hydrogen-bond donors (Lipinski definition) is 1. The fraction of sp³-hybridized carbons (Fsp3) is 0.312. The maximum atomic E-state index is 13.5. The van der Waals surface area contributed by atoms with Gasteiger partial charge in [-0.2, -0.15) is 4.31 Å². The van der Waals surface area contributed by atoms with E-state index in [1.165, 1.54) is 0 Å². The molecule has 0 saturated carbocycles. The van der Waals surface area contributed by atoms with Crippen LogP contribution >= 0.6 is 0 Å². The number of piperidine rings is 1. The van der Waals surface area contributed by atoms with Gasteiger partial charge < -0.3 is 9.84 Å². The van der Waals surface area contributed by atoms with E-state index in [0.717, 1.165) is 34.9 Å². The molecule has 144 valence electrons. The van der Waals surface area contributed by atoms with Crippen molar-refractivity contribution in [1.29, 1.82) is 0 Å². The molecule has 0 aliphatic carbocycles. The number of benzene rings is 1. The predicted molar refractivity (Wildman–Crippen MR) is 87.8 cm³/mol. The van der Waals surface area contributed by atoms with E-state index in [-0.39, 0.29) is 24.0 Å². The molecule has 1 aliphatic rings. The maximum Gasteiger partial charge on any atom is 0.338 e. The van der Waals surface area contributed by atoms with Gasteiger partial charge in [0.1, 0.15) is 11.9 Å². The summed E-state index contributed by atoms with van der Waals surface area (Å²) < 4.78 is 58.6. The molecule has 3 rings (SSSR count). The van der Waals surface area contributed by atoms with Crippen molar-refractivity contribution in [2.24, 2.45) is 0 Å². The fourth-order valence-electron chi connectivity index (χ4n) is 2.71. The van der Waals surface area contributed by atoms with E-state index in [4.69, 9.17) is 9.84 Å². The van der Waals surface area contributed by atoms with Gasteiger partial charge in [-0.25, -0.2) is 32.0 Å². The van der Waals surface area contributed by atoms with Gasteiger partial charge in [0.2, 0.25) is 10.0 Å². The highest BCUT2D eigenvalue weighted by Gasteiger charge is 2.32. The van der Waals surface area contributed by atoms with Crippen LogP contribution in [0.5, 0.6) is 6.01 Å². The highest BCUT2D eigenvalue weighted by molar-refractivity contribution is 7.89. The van der Waals surface area contributed by atoms with Crippen LogP contribution in [0.25, 0.3) is 0 Å². The van der Waals surface area contributed by atoms with Gasteiger partial charge >= 0.3 is 12.0 Å². The van der Waals surface area contributed by atoms with Crippen LogP contribution in [0.4, 0.5) is 8.78 Å². The van der Waals surface area contributed by atoms with E-state index in [1.54, 1.807) is 0 Å². The first-order valence-corrected chi connectivity index (χ1v) is 9.38. The second-order valence-corrected chi connectivity index (χ2v) is 7.81. The Morgan fingerprint density at radius 1 is 1.26 bits per heavy atom. The number of rotatable bonds is 5. The molecule has 1 aromatic carbocycles. The fourth-order valence-corrected chi connectivity index (χ4v) is 4.24. The van der Waals surface area contributed by atoms with Crippen LogP contribution < -0.4 is 4.74 Å². The lowest BCUT2D eigenvalue weighted by Crippen LogP contribution is -2.44. The normalized spacial score (nSPS) is 18.2. The lowest BCUT2D eigenvalue weighted by Gasteiger charge is -2.31. The van der Waals surface area contributed by atoms with Gasteiger partial charge in [0.05, 0.1) is 29.4 Å². The first-order valence-electron chi connectivity index (χ1n) is 7.94. The third kappa shape index (κ3) is 4.19. The standard InChI is InChI=1S/C16H15F2N3O5S/c17-10-7-19-16(20-8-10)26-11-2-1-5-21(9-11)27(24,25)12-3-4-14(18)13(6-12)15(22)23/h3-4,6-8,11H,1-2,5,9H2,(H,22,23). The largest absolute Gasteiger partial charge is 0.478 e. The molecule has 1 aliphatic heterocycles. The van der Waals surface area contributed by atoms with Crippen molar-refractivity contribution in [3.05, 3.63) is 47.8 Å². The van der Waals surface area contributed by atoms with E-state index < -0.39 is 39.3 Å². The van der Waals surface area contributed by atoms with Crippen molar-refractivity contribution < 1.29 is 31.8 Å². The number of ether oxygens (including phenoxy) is 1. The van der Waals surface area contributed by atoms with E-state index in [9.17, 15) is 22.0 Å². The quantitative estimate of drug-likeness (QED) is 0.815. The van der Waals surface area contributed by atoms with Crippen LogP contribution in [-0.4, -0.2) is 53.0 Å². The molecule has 1 saturated heterocycles. The molecule has 8 nitrogen and oxygen atoms in total. The average Bonchev–Trinajstić information content (AvgIpc) is 2.64. The van der Waals surface area contributed by atoms with Crippen LogP contribution in [0.3, 0.4) is 0 Å². The molecule has 1 N–H and O–H groups in total. The Morgan fingerprint density at radius 2 is 1.96 bits per heavy atom. The van der Waals surface area contributed by atoms with Gasteiger partial charge in [-0.05, 0) is 31.0 Å². The minimum Gasteiger partial charge on any atom is -0.478 e. The Labute approximate surface area is 153 Å². The number of carbonyl (C=O) groups is 1. The highest BCUT2D eigenvalue weighted by Crippen LogP contribution is 2.24. The van der Waals surface area contributed by atoms with E-state index >= 15 is 0 Å². The first-order chi connectivity index (χ1) is 12.8. The van der Waals surface area contributed by atoms with Gasteiger partial charge in [0.15, 0.2) is 5.82 Å². The summed E-state index contributed by atoms with van der Waals surface area (Å²) in [4.78, 5) is 18.1. The third-order valence-electron chi connectivity index (χ3n) is 4.02. The molecule has 1 atom stereocenters. The zero-order chi connectivity index (χ0) is 19.6. The molecule has 0 amide bonds. The first kappa shape index (κ1) is 19.1. The van der Waals surface area contributed by atoms with Gasteiger partial charge in [-0.3, -0.25) is 0 Å². The van der Waals surface area contributed by atoms with Gasteiger partial charge in [0, 0.05) is 6.54 Å².